The van der Waals surface area contributed by atoms with Crippen molar-refractivity contribution in [3.8, 4) is 0 Å². The van der Waals surface area contributed by atoms with Crippen LogP contribution in [0.15, 0.2) is 4.99 Å². The Kier molecular flexibility index (Phi) is 5.41. The summed E-state index contributed by atoms with van der Waals surface area (Å²) in [6.45, 7) is 9.61. The van der Waals surface area contributed by atoms with Gasteiger partial charge in [-0.25, -0.2) is 5.84 Å². The van der Waals surface area contributed by atoms with Crippen molar-refractivity contribution in [3.63, 3.8) is 0 Å². The number of nitrogens with two attached hydrogens (primary N) is 1. The van der Waals surface area contributed by atoms with E-state index in [1.54, 1.807) is 0 Å². The zero-order valence-corrected chi connectivity index (χ0v) is 11.4. The maximum Gasteiger partial charge on any atom is 0.208 e. The van der Waals surface area contributed by atoms with Crippen molar-refractivity contribution < 1.29 is 0 Å². The van der Waals surface area contributed by atoms with E-state index in [2.05, 4.69) is 36.1 Å². The number of guanidine groups is 1. The van der Waals surface area contributed by atoms with Gasteiger partial charge in [0.05, 0.1) is 0 Å². The third kappa shape index (κ3) is 4.22. The van der Waals surface area contributed by atoms with Gasteiger partial charge in [0, 0.05) is 30.1 Å². The lowest BCUT2D eigenvalue weighted by Gasteiger charge is -2.38. The van der Waals surface area contributed by atoms with Gasteiger partial charge in [0.25, 0.3) is 0 Å². The van der Waals surface area contributed by atoms with Crippen molar-refractivity contribution in [3.05, 3.63) is 0 Å². The summed E-state index contributed by atoms with van der Waals surface area (Å²) in [5.74, 6) is 7.53. The molecule has 1 aliphatic heterocycles. The summed E-state index contributed by atoms with van der Waals surface area (Å²) in [6.07, 6.45) is 2.29. The predicted molar refractivity (Wildman–Crippen MR) is 72.6 cm³/mol. The minimum absolute atomic E-state index is 0.292. The quantitative estimate of drug-likeness (QED) is 0.259. The lowest BCUT2D eigenvalue weighted by molar-refractivity contribution is 0.375. The van der Waals surface area contributed by atoms with Crippen molar-refractivity contribution in [1.82, 2.24) is 10.3 Å². The van der Waals surface area contributed by atoms with E-state index >= 15 is 0 Å². The summed E-state index contributed by atoms with van der Waals surface area (Å²) < 4.78 is 0.292. The first-order valence-corrected chi connectivity index (χ1v) is 6.97. The Morgan fingerprint density at radius 3 is 2.88 bits per heavy atom. The van der Waals surface area contributed by atoms with Gasteiger partial charge >= 0.3 is 0 Å². The third-order valence-electron chi connectivity index (χ3n) is 2.63. The second kappa shape index (κ2) is 6.35. The van der Waals surface area contributed by atoms with Gasteiger partial charge in [0.15, 0.2) is 0 Å². The summed E-state index contributed by atoms with van der Waals surface area (Å²) in [7, 11) is 0. The molecule has 0 unspecified atom stereocenters. The summed E-state index contributed by atoms with van der Waals surface area (Å²) in [5.41, 5.74) is 2.74. The fourth-order valence-electron chi connectivity index (χ4n) is 1.78. The van der Waals surface area contributed by atoms with Crippen LogP contribution >= 0.6 is 11.8 Å². The molecular formula is C11H24N4S. The molecule has 0 aromatic heterocycles. The molecule has 4 nitrogen and oxygen atoms in total. The van der Waals surface area contributed by atoms with Crippen molar-refractivity contribution in [2.75, 3.05) is 25.4 Å². The molecule has 1 fully saturated rings. The highest BCUT2D eigenvalue weighted by Gasteiger charge is 2.28. The lowest BCUT2D eigenvalue weighted by atomic mass is 10.2. The van der Waals surface area contributed by atoms with Gasteiger partial charge < -0.3 is 4.90 Å². The monoisotopic (exact) mass is 244 g/mol. The molecule has 0 amide bonds. The Labute approximate surface area is 103 Å². The highest BCUT2D eigenvalue weighted by Crippen LogP contribution is 2.29. The maximum absolute atomic E-state index is 5.55. The van der Waals surface area contributed by atoms with E-state index in [1.807, 2.05) is 11.8 Å². The number of hydrogen-bond acceptors (Lipinski definition) is 3. The van der Waals surface area contributed by atoms with Gasteiger partial charge in [-0.3, -0.25) is 10.4 Å². The SMILES string of the molecule is CCCCN=C(NN)N1CCSC(C)(C)C1. The van der Waals surface area contributed by atoms with Gasteiger partial charge in [-0.2, -0.15) is 11.8 Å². The number of nitrogens with zero attached hydrogens (tertiary/aromatic N) is 2. The molecule has 1 heterocycles. The smallest absolute Gasteiger partial charge is 0.208 e. The van der Waals surface area contributed by atoms with Crippen molar-refractivity contribution in [1.29, 1.82) is 0 Å². The molecule has 5 heteroatoms. The lowest BCUT2D eigenvalue weighted by Crippen LogP contribution is -2.52. The van der Waals surface area contributed by atoms with Crippen LogP contribution in [0, 0.1) is 0 Å². The van der Waals surface area contributed by atoms with Crippen LogP contribution in [0.5, 0.6) is 0 Å². The first kappa shape index (κ1) is 13.6. The number of thioether (sulfide) groups is 1. The Balaban J connectivity index is 2.55. The van der Waals surface area contributed by atoms with Gasteiger partial charge in [-0.1, -0.05) is 13.3 Å². The number of hydrazine groups is 1. The van der Waals surface area contributed by atoms with Crippen LogP contribution in [0.2, 0.25) is 0 Å². The average molecular weight is 244 g/mol. The van der Waals surface area contributed by atoms with Gasteiger partial charge in [-0.15, -0.1) is 0 Å². The van der Waals surface area contributed by atoms with Crippen LogP contribution in [-0.2, 0) is 0 Å². The molecule has 16 heavy (non-hydrogen) atoms. The fourth-order valence-corrected chi connectivity index (χ4v) is 2.89. The van der Waals surface area contributed by atoms with E-state index in [-0.39, 0.29) is 0 Å². The summed E-state index contributed by atoms with van der Waals surface area (Å²) in [6, 6.07) is 0. The molecule has 0 aromatic carbocycles. The van der Waals surface area contributed by atoms with Crippen LogP contribution in [-0.4, -0.2) is 41.0 Å². The second-order valence-corrected chi connectivity index (χ2v) is 6.54. The molecule has 0 aliphatic carbocycles. The minimum atomic E-state index is 0.292. The molecule has 1 aliphatic rings. The number of hydrogen-bond donors (Lipinski definition) is 2. The maximum atomic E-state index is 5.55. The van der Waals surface area contributed by atoms with Crippen LogP contribution in [0.3, 0.4) is 0 Å². The third-order valence-corrected chi connectivity index (χ3v) is 3.92. The highest BCUT2D eigenvalue weighted by molar-refractivity contribution is 8.00. The molecule has 1 saturated heterocycles. The standard InChI is InChI=1S/C11H24N4S/c1-4-5-6-13-10(14-12)15-7-8-16-11(2,3)9-15/h4-9,12H2,1-3H3,(H,13,14). The first-order chi connectivity index (χ1) is 7.59. The van der Waals surface area contributed by atoms with E-state index in [0.717, 1.165) is 37.8 Å². The normalized spacial score (nSPS) is 21.0. The van der Waals surface area contributed by atoms with Crippen molar-refractivity contribution in [2.24, 2.45) is 10.8 Å². The van der Waals surface area contributed by atoms with E-state index in [9.17, 15) is 0 Å². The molecule has 94 valence electrons. The minimum Gasteiger partial charge on any atom is -0.340 e. The fraction of sp³-hybridized carbons (Fsp3) is 0.909. The molecule has 1 rings (SSSR count). The molecule has 0 spiro atoms. The Morgan fingerprint density at radius 2 is 2.31 bits per heavy atom. The molecule has 0 radical (unpaired) electrons. The van der Waals surface area contributed by atoms with Crippen molar-refractivity contribution >= 4 is 17.7 Å². The Hall–Kier alpha value is -0.420. The molecule has 0 aromatic rings. The van der Waals surface area contributed by atoms with Gasteiger partial charge in [-0.05, 0) is 20.3 Å². The van der Waals surface area contributed by atoms with E-state index < -0.39 is 0 Å². The summed E-state index contributed by atoms with van der Waals surface area (Å²) >= 11 is 2.02. The second-order valence-electron chi connectivity index (χ2n) is 4.73. The average Bonchev–Trinajstić information content (AvgIpc) is 2.23. The predicted octanol–water partition coefficient (Wildman–Crippen LogP) is 1.43. The molecule has 0 atom stereocenters. The summed E-state index contributed by atoms with van der Waals surface area (Å²) in [5, 5.41) is 0. The van der Waals surface area contributed by atoms with Gasteiger partial charge in [0.2, 0.25) is 5.96 Å². The molecular weight excluding hydrogens is 220 g/mol. The molecule has 0 bridgehead atoms. The largest absolute Gasteiger partial charge is 0.340 e. The summed E-state index contributed by atoms with van der Waals surface area (Å²) in [4.78, 5) is 6.77. The topological polar surface area (TPSA) is 53.6 Å². The van der Waals surface area contributed by atoms with Crippen molar-refractivity contribution in [2.45, 2.75) is 38.4 Å². The van der Waals surface area contributed by atoms with Crippen LogP contribution < -0.4 is 11.3 Å². The number of rotatable bonds is 3. The Morgan fingerprint density at radius 1 is 1.56 bits per heavy atom. The Bertz CT molecular complexity index is 240. The number of nitrogens with one attached hydrogen (secondary N) is 1. The van der Waals surface area contributed by atoms with Crippen LogP contribution in [0.1, 0.15) is 33.6 Å². The molecule has 0 saturated carbocycles. The van der Waals surface area contributed by atoms with Crippen LogP contribution in [0.4, 0.5) is 0 Å². The zero-order chi connectivity index (χ0) is 12.0. The zero-order valence-electron chi connectivity index (χ0n) is 10.6. The van der Waals surface area contributed by atoms with Gasteiger partial charge in [0.1, 0.15) is 0 Å². The number of unbranched alkanes of at least 4 members (excludes halogenated alkanes) is 1. The van der Waals surface area contributed by atoms with E-state index in [0.29, 0.717) is 4.75 Å². The molecule has 3 N–H and O–H groups in total. The number of aliphatic imine (C=N–C) groups is 1. The first-order valence-electron chi connectivity index (χ1n) is 5.99. The highest BCUT2D eigenvalue weighted by atomic mass is 32.2. The van der Waals surface area contributed by atoms with Crippen LogP contribution in [0.25, 0.3) is 0 Å². The van der Waals surface area contributed by atoms with E-state index in [1.165, 1.54) is 6.42 Å². The van der Waals surface area contributed by atoms with E-state index in [4.69, 9.17) is 5.84 Å².